The largest absolute Gasteiger partial charge is 0.352 e. The van der Waals surface area contributed by atoms with Crippen molar-refractivity contribution in [2.24, 2.45) is 11.7 Å². The molecule has 5 nitrogen and oxygen atoms in total. The Morgan fingerprint density at radius 1 is 1.04 bits per heavy atom. The minimum absolute atomic E-state index is 0. The average Bonchev–Trinajstić information content (AvgIpc) is 3.07. The Balaban J connectivity index is 0.00000264. The van der Waals surface area contributed by atoms with Crippen LogP contribution in [0.1, 0.15) is 64.2 Å². The highest BCUT2D eigenvalue weighted by molar-refractivity contribution is 7.92. The molecule has 2 aliphatic rings. The zero-order valence-corrected chi connectivity index (χ0v) is 15.5. The molecular weight excluding hydrogens is 336 g/mol. The van der Waals surface area contributed by atoms with Gasteiger partial charge in [-0.25, -0.2) is 8.42 Å². The normalized spacial score (nSPS) is 21.6. The van der Waals surface area contributed by atoms with Crippen LogP contribution in [0.25, 0.3) is 0 Å². The fraction of sp³-hybridized carbons (Fsp3) is 0.938. The molecule has 0 aromatic rings. The molecule has 0 saturated heterocycles. The van der Waals surface area contributed by atoms with Gasteiger partial charge >= 0.3 is 0 Å². The Bertz CT molecular complexity index is 458. The summed E-state index contributed by atoms with van der Waals surface area (Å²) in [5, 5.41) is 2.75. The first-order valence-corrected chi connectivity index (χ1v) is 10.5. The van der Waals surface area contributed by atoms with Gasteiger partial charge in [0.1, 0.15) is 0 Å². The van der Waals surface area contributed by atoms with Crippen LogP contribution in [-0.2, 0) is 14.6 Å². The van der Waals surface area contributed by atoms with Crippen molar-refractivity contribution < 1.29 is 13.2 Å². The molecule has 1 atom stereocenters. The molecule has 0 radical (unpaired) electrons. The van der Waals surface area contributed by atoms with Crippen molar-refractivity contribution in [3.8, 4) is 0 Å². The van der Waals surface area contributed by atoms with E-state index in [0.29, 0.717) is 12.5 Å². The fourth-order valence-corrected chi connectivity index (χ4v) is 5.69. The lowest BCUT2D eigenvalue weighted by molar-refractivity contribution is -0.121. The van der Waals surface area contributed by atoms with E-state index in [0.717, 1.165) is 38.5 Å². The van der Waals surface area contributed by atoms with Gasteiger partial charge in [0.2, 0.25) is 5.91 Å². The van der Waals surface area contributed by atoms with Gasteiger partial charge in [0, 0.05) is 19.0 Å². The number of rotatable bonds is 7. The molecular formula is C16H31ClN2O3S. The molecule has 136 valence electrons. The van der Waals surface area contributed by atoms with Gasteiger partial charge in [-0.05, 0) is 31.6 Å². The summed E-state index contributed by atoms with van der Waals surface area (Å²) in [5.74, 6) is 0.266. The summed E-state index contributed by atoms with van der Waals surface area (Å²) >= 11 is 0. The quantitative estimate of drug-likeness (QED) is 0.722. The lowest BCUT2D eigenvalue weighted by Gasteiger charge is -2.30. The second-order valence-corrected chi connectivity index (χ2v) is 9.23. The molecule has 0 aromatic heterocycles. The predicted molar refractivity (Wildman–Crippen MR) is 95.5 cm³/mol. The van der Waals surface area contributed by atoms with Crippen LogP contribution in [-0.4, -0.2) is 37.9 Å². The third kappa shape index (κ3) is 6.24. The van der Waals surface area contributed by atoms with Crippen LogP contribution < -0.4 is 11.1 Å². The molecule has 0 bridgehead atoms. The lowest BCUT2D eigenvalue weighted by atomic mass is 9.84. The van der Waals surface area contributed by atoms with Gasteiger partial charge in [-0.1, -0.05) is 32.1 Å². The van der Waals surface area contributed by atoms with Gasteiger partial charge < -0.3 is 11.1 Å². The van der Waals surface area contributed by atoms with E-state index < -0.39 is 9.84 Å². The van der Waals surface area contributed by atoms with Crippen molar-refractivity contribution in [3.63, 3.8) is 0 Å². The molecule has 0 heterocycles. The molecule has 7 heteroatoms. The number of amides is 1. The zero-order valence-electron chi connectivity index (χ0n) is 13.8. The Hall–Kier alpha value is -0.330. The number of carbonyl (C=O) groups is 1. The Labute approximate surface area is 146 Å². The molecule has 2 fully saturated rings. The number of nitrogens with one attached hydrogen (secondary N) is 1. The smallest absolute Gasteiger partial charge is 0.221 e. The van der Waals surface area contributed by atoms with Gasteiger partial charge in [-0.2, -0.15) is 0 Å². The van der Waals surface area contributed by atoms with Crippen molar-refractivity contribution in [1.29, 1.82) is 0 Å². The van der Waals surface area contributed by atoms with Gasteiger partial charge in [-0.15, -0.1) is 12.4 Å². The number of hydrogen-bond acceptors (Lipinski definition) is 4. The summed E-state index contributed by atoms with van der Waals surface area (Å²) in [6.45, 7) is 0.436. The minimum Gasteiger partial charge on any atom is -0.352 e. The van der Waals surface area contributed by atoms with E-state index in [1.165, 1.54) is 19.3 Å². The number of hydrogen-bond donors (Lipinski definition) is 2. The van der Waals surface area contributed by atoms with Gasteiger partial charge in [-0.3, -0.25) is 4.79 Å². The summed E-state index contributed by atoms with van der Waals surface area (Å²) in [4.78, 5) is 12.1. The van der Waals surface area contributed by atoms with Crippen molar-refractivity contribution in [2.75, 3.05) is 12.3 Å². The first-order chi connectivity index (χ1) is 10.5. The monoisotopic (exact) mass is 366 g/mol. The topological polar surface area (TPSA) is 89.3 Å². The summed E-state index contributed by atoms with van der Waals surface area (Å²) < 4.78 is 24.4. The highest BCUT2D eigenvalue weighted by Crippen LogP contribution is 2.27. The van der Waals surface area contributed by atoms with Crippen molar-refractivity contribution in [3.05, 3.63) is 0 Å². The van der Waals surface area contributed by atoms with Gasteiger partial charge in [0.15, 0.2) is 9.84 Å². The fourth-order valence-electron chi connectivity index (χ4n) is 3.83. The Morgan fingerprint density at radius 3 is 2.17 bits per heavy atom. The van der Waals surface area contributed by atoms with E-state index in [2.05, 4.69) is 5.32 Å². The van der Waals surface area contributed by atoms with Gasteiger partial charge in [0.05, 0.1) is 11.0 Å². The summed E-state index contributed by atoms with van der Waals surface area (Å²) in [5.41, 5.74) is 5.80. The summed E-state index contributed by atoms with van der Waals surface area (Å²) in [7, 11) is -3.11. The van der Waals surface area contributed by atoms with E-state index in [4.69, 9.17) is 5.73 Å². The average molecular weight is 367 g/mol. The van der Waals surface area contributed by atoms with Crippen LogP contribution in [0, 0.1) is 5.92 Å². The predicted octanol–water partition coefficient (Wildman–Crippen LogP) is 2.18. The zero-order chi connectivity index (χ0) is 16.0. The SMILES string of the molecule is Cl.NCC(NC(=O)CCS(=O)(=O)C1CCCC1)C1CCCCC1. The molecule has 2 rings (SSSR count). The van der Waals surface area contributed by atoms with Crippen molar-refractivity contribution in [1.82, 2.24) is 5.32 Å². The van der Waals surface area contributed by atoms with Crippen LogP contribution >= 0.6 is 12.4 Å². The number of nitrogens with two attached hydrogens (primary N) is 1. The molecule has 0 aromatic carbocycles. The Kier molecular flexibility index (Phi) is 8.86. The highest BCUT2D eigenvalue weighted by Gasteiger charge is 2.29. The van der Waals surface area contributed by atoms with E-state index in [-0.39, 0.29) is 41.8 Å². The van der Waals surface area contributed by atoms with Crippen molar-refractivity contribution in [2.45, 2.75) is 75.5 Å². The van der Waals surface area contributed by atoms with E-state index in [1.54, 1.807) is 0 Å². The molecule has 1 unspecified atom stereocenters. The molecule has 3 N–H and O–H groups in total. The summed E-state index contributed by atoms with van der Waals surface area (Å²) in [6.07, 6.45) is 9.48. The maximum atomic E-state index is 12.2. The second kappa shape index (κ2) is 9.84. The van der Waals surface area contributed by atoms with Gasteiger partial charge in [0.25, 0.3) is 0 Å². The first kappa shape index (κ1) is 20.7. The molecule has 0 spiro atoms. The van der Waals surface area contributed by atoms with Crippen LogP contribution in [0.2, 0.25) is 0 Å². The third-order valence-corrected chi connectivity index (χ3v) is 7.50. The molecule has 2 aliphatic carbocycles. The maximum Gasteiger partial charge on any atom is 0.221 e. The molecule has 1 amide bonds. The first-order valence-electron chi connectivity index (χ1n) is 8.74. The summed E-state index contributed by atoms with van der Waals surface area (Å²) in [6, 6.07) is 0.00184. The molecule has 2 saturated carbocycles. The Morgan fingerprint density at radius 2 is 1.61 bits per heavy atom. The van der Waals surface area contributed by atoms with E-state index in [1.807, 2.05) is 0 Å². The van der Waals surface area contributed by atoms with Crippen molar-refractivity contribution >= 4 is 28.2 Å². The highest BCUT2D eigenvalue weighted by atomic mass is 35.5. The van der Waals surface area contributed by atoms with Crippen LogP contribution in [0.3, 0.4) is 0 Å². The second-order valence-electron chi connectivity index (χ2n) is 6.83. The third-order valence-electron chi connectivity index (χ3n) is 5.24. The minimum atomic E-state index is -3.11. The van der Waals surface area contributed by atoms with E-state index >= 15 is 0 Å². The number of sulfone groups is 1. The van der Waals surface area contributed by atoms with Crippen LogP contribution in [0.4, 0.5) is 0 Å². The van der Waals surface area contributed by atoms with Crippen LogP contribution in [0.15, 0.2) is 0 Å². The number of carbonyl (C=O) groups excluding carboxylic acids is 1. The molecule has 23 heavy (non-hydrogen) atoms. The lowest BCUT2D eigenvalue weighted by Crippen LogP contribution is -2.46. The van der Waals surface area contributed by atoms with E-state index in [9.17, 15) is 13.2 Å². The standard InChI is InChI=1S/C16H30N2O3S.ClH/c17-12-15(13-6-2-1-3-7-13)18-16(19)10-11-22(20,21)14-8-4-5-9-14;/h13-15H,1-12,17H2,(H,18,19);1H. The number of halogens is 1. The maximum absolute atomic E-state index is 12.2. The molecule has 0 aliphatic heterocycles. The van der Waals surface area contributed by atoms with Crippen LogP contribution in [0.5, 0.6) is 0 Å².